The average Bonchev–Trinajstić information content (AvgIpc) is 2.93. The first-order chi connectivity index (χ1) is 18.6. The molecular weight excluding hydrogens is 522 g/mol. The van der Waals surface area contributed by atoms with E-state index in [0.717, 1.165) is 19.3 Å². The summed E-state index contributed by atoms with van der Waals surface area (Å²) in [6.07, 6.45) is -10.3. The molecule has 2 aliphatic rings. The summed E-state index contributed by atoms with van der Waals surface area (Å²) in [7, 11) is 0. The monoisotopic (exact) mass is 567 g/mol. The van der Waals surface area contributed by atoms with Gasteiger partial charge in [0.25, 0.3) is 0 Å². The fraction of sp³-hybridized carbons (Fsp3) is 0.880. The molecule has 2 heterocycles. The Bertz CT molecular complexity index is 739. The van der Waals surface area contributed by atoms with E-state index in [1.54, 1.807) is 6.08 Å². The number of carbonyl (C=O) groups excluding carboxylic acids is 1. The lowest BCUT2D eigenvalue weighted by Gasteiger charge is -2.46. The van der Waals surface area contributed by atoms with E-state index >= 15 is 0 Å². The van der Waals surface area contributed by atoms with Crippen molar-refractivity contribution < 1.29 is 64.6 Å². The first-order valence-corrected chi connectivity index (χ1v) is 13.4. The van der Waals surface area contributed by atoms with Gasteiger partial charge in [0.1, 0.15) is 48.8 Å². The van der Waals surface area contributed by atoms with Crippen molar-refractivity contribution in [1.82, 2.24) is 5.32 Å². The number of hydrogen-bond acceptors (Lipinski definition) is 13. The molecule has 0 aromatic heterocycles. The molecule has 2 saturated heterocycles. The van der Waals surface area contributed by atoms with Crippen molar-refractivity contribution >= 4 is 5.91 Å². The molecule has 0 aromatic rings. The van der Waals surface area contributed by atoms with Crippen LogP contribution < -0.4 is 5.32 Å². The minimum atomic E-state index is -1.78. The van der Waals surface area contributed by atoms with Crippen LogP contribution in [0.4, 0.5) is 0 Å². The average molecular weight is 568 g/mol. The SMILES string of the molecule is CCC/C=C/C(O)C(COC1OC(CO)C(OC2OC(CO)C(O)C(O)C2O)C(O)C1O)NC(=O)CCCC. The molecule has 9 N–H and O–H groups in total. The smallest absolute Gasteiger partial charge is 0.220 e. The summed E-state index contributed by atoms with van der Waals surface area (Å²) in [5.41, 5.74) is 0. The molecule has 228 valence electrons. The van der Waals surface area contributed by atoms with Crippen LogP contribution in [0.5, 0.6) is 0 Å². The third kappa shape index (κ3) is 9.38. The van der Waals surface area contributed by atoms with Gasteiger partial charge in [-0.15, -0.1) is 0 Å². The van der Waals surface area contributed by atoms with Gasteiger partial charge in [-0.25, -0.2) is 0 Å². The second-order valence-electron chi connectivity index (χ2n) is 9.82. The maximum atomic E-state index is 12.3. The number of ether oxygens (including phenoxy) is 4. The van der Waals surface area contributed by atoms with Crippen LogP contribution in [0.2, 0.25) is 0 Å². The van der Waals surface area contributed by atoms with Crippen LogP contribution in [0.15, 0.2) is 12.2 Å². The Morgan fingerprint density at radius 3 is 2.15 bits per heavy atom. The molecule has 2 fully saturated rings. The molecule has 1 amide bonds. The van der Waals surface area contributed by atoms with Crippen molar-refractivity contribution in [2.45, 2.75) is 120 Å². The lowest BCUT2D eigenvalue weighted by atomic mass is 9.97. The number of aliphatic hydroxyl groups is 8. The quantitative estimate of drug-likeness (QED) is 0.0901. The molecule has 39 heavy (non-hydrogen) atoms. The number of unbranched alkanes of at least 4 members (excludes halogenated alkanes) is 2. The number of carbonyl (C=O) groups is 1. The Hall–Kier alpha value is -1.27. The summed E-state index contributed by atoms with van der Waals surface area (Å²) < 4.78 is 22.0. The van der Waals surface area contributed by atoms with Crippen molar-refractivity contribution in [2.75, 3.05) is 19.8 Å². The third-order valence-electron chi connectivity index (χ3n) is 6.71. The van der Waals surface area contributed by atoms with Gasteiger partial charge in [0.05, 0.1) is 32.0 Å². The zero-order valence-electron chi connectivity index (χ0n) is 22.4. The molecule has 2 aliphatic heterocycles. The molecule has 2 rings (SSSR count). The molecule has 0 bridgehead atoms. The normalized spacial score (nSPS) is 37.1. The molecule has 0 saturated carbocycles. The Morgan fingerprint density at radius 1 is 0.897 bits per heavy atom. The minimum Gasteiger partial charge on any atom is -0.394 e. The first-order valence-electron chi connectivity index (χ1n) is 13.4. The molecule has 12 unspecified atom stereocenters. The zero-order chi connectivity index (χ0) is 29.1. The standard InChI is InChI=1S/C25H45NO13/c1-3-5-7-8-14(29)13(26-17(30)9-6-4-2)12-36-24-22(35)20(33)23(16(11-28)38-24)39-25-21(34)19(32)18(31)15(10-27)37-25/h7-8,13-16,18-25,27-29,31-35H,3-6,9-12H2,1-2H3,(H,26,30)/b8-7+. The van der Waals surface area contributed by atoms with E-state index in [1.165, 1.54) is 6.08 Å². The maximum Gasteiger partial charge on any atom is 0.220 e. The van der Waals surface area contributed by atoms with Crippen LogP contribution in [0.1, 0.15) is 46.0 Å². The Kier molecular flexibility index (Phi) is 14.7. The van der Waals surface area contributed by atoms with Gasteiger partial charge in [-0.1, -0.05) is 38.8 Å². The van der Waals surface area contributed by atoms with E-state index in [2.05, 4.69) is 5.32 Å². The van der Waals surface area contributed by atoms with E-state index < -0.39 is 86.8 Å². The van der Waals surface area contributed by atoms with Gasteiger partial charge < -0.3 is 65.1 Å². The summed E-state index contributed by atoms with van der Waals surface area (Å²) in [6.45, 7) is 2.19. The van der Waals surface area contributed by atoms with E-state index in [0.29, 0.717) is 6.42 Å². The van der Waals surface area contributed by atoms with E-state index in [-0.39, 0.29) is 18.9 Å². The summed E-state index contributed by atoms with van der Waals surface area (Å²) in [4.78, 5) is 12.3. The topological polar surface area (TPSA) is 228 Å². The molecule has 0 radical (unpaired) electrons. The number of nitrogens with one attached hydrogen (secondary N) is 1. The summed E-state index contributed by atoms with van der Waals surface area (Å²) in [5.74, 6) is -0.292. The van der Waals surface area contributed by atoms with Gasteiger partial charge in [-0.05, 0) is 12.8 Å². The number of allylic oxidation sites excluding steroid dienone is 1. The number of amides is 1. The third-order valence-corrected chi connectivity index (χ3v) is 6.71. The van der Waals surface area contributed by atoms with Gasteiger partial charge in [-0.3, -0.25) is 4.79 Å². The number of hydrogen-bond donors (Lipinski definition) is 9. The molecule has 14 heteroatoms. The van der Waals surface area contributed by atoms with Gasteiger partial charge >= 0.3 is 0 Å². The maximum absolute atomic E-state index is 12.3. The van der Waals surface area contributed by atoms with Crippen molar-refractivity contribution in [3.8, 4) is 0 Å². The first kappa shape index (κ1) is 33.9. The Labute approximate surface area is 227 Å². The second-order valence-corrected chi connectivity index (χ2v) is 9.82. The highest BCUT2D eigenvalue weighted by atomic mass is 16.7. The fourth-order valence-corrected chi connectivity index (χ4v) is 4.27. The second kappa shape index (κ2) is 16.9. The van der Waals surface area contributed by atoms with Crippen molar-refractivity contribution in [3.05, 3.63) is 12.2 Å². The number of aliphatic hydroxyl groups excluding tert-OH is 8. The van der Waals surface area contributed by atoms with E-state index in [1.807, 2.05) is 13.8 Å². The summed E-state index contributed by atoms with van der Waals surface area (Å²) >= 11 is 0. The van der Waals surface area contributed by atoms with Crippen LogP contribution in [-0.2, 0) is 23.7 Å². The predicted molar refractivity (Wildman–Crippen MR) is 134 cm³/mol. The number of rotatable bonds is 15. The van der Waals surface area contributed by atoms with Gasteiger partial charge in [0.15, 0.2) is 12.6 Å². The van der Waals surface area contributed by atoms with Gasteiger partial charge in [-0.2, -0.15) is 0 Å². The van der Waals surface area contributed by atoms with Crippen LogP contribution in [0.25, 0.3) is 0 Å². The van der Waals surface area contributed by atoms with Crippen molar-refractivity contribution in [2.24, 2.45) is 0 Å². The highest BCUT2D eigenvalue weighted by molar-refractivity contribution is 5.76. The highest BCUT2D eigenvalue weighted by Gasteiger charge is 2.50. The molecule has 0 aliphatic carbocycles. The van der Waals surface area contributed by atoms with E-state index in [4.69, 9.17) is 18.9 Å². The largest absolute Gasteiger partial charge is 0.394 e. The molecule has 14 nitrogen and oxygen atoms in total. The van der Waals surface area contributed by atoms with Gasteiger partial charge in [0.2, 0.25) is 5.91 Å². The Balaban J connectivity index is 2.08. The Morgan fingerprint density at radius 2 is 1.54 bits per heavy atom. The predicted octanol–water partition coefficient (Wildman–Crippen LogP) is -2.98. The van der Waals surface area contributed by atoms with Crippen LogP contribution in [-0.4, -0.2) is 140 Å². The molecular formula is C25H45NO13. The highest BCUT2D eigenvalue weighted by Crippen LogP contribution is 2.29. The summed E-state index contributed by atoms with van der Waals surface area (Å²) in [6, 6.07) is -0.897. The van der Waals surface area contributed by atoms with Crippen LogP contribution >= 0.6 is 0 Å². The zero-order valence-corrected chi connectivity index (χ0v) is 22.4. The fourth-order valence-electron chi connectivity index (χ4n) is 4.27. The lowest BCUT2D eigenvalue weighted by molar-refractivity contribution is -0.359. The van der Waals surface area contributed by atoms with Crippen molar-refractivity contribution in [3.63, 3.8) is 0 Å². The molecule has 12 atom stereocenters. The van der Waals surface area contributed by atoms with Crippen LogP contribution in [0, 0.1) is 0 Å². The lowest BCUT2D eigenvalue weighted by Crippen LogP contribution is -2.65. The van der Waals surface area contributed by atoms with E-state index in [9.17, 15) is 45.6 Å². The molecule has 0 aromatic carbocycles. The van der Waals surface area contributed by atoms with Gasteiger partial charge in [0, 0.05) is 6.42 Å². The van der Waals surface area contributed by atoms with Crippen LogP contribution in [0.3, 0.4) is 0 Å². The summed E-state index contributed by atoms with van der Waals surface area (Å²) in [5, 5.41) is 84.1. The molecule has 0 spiro atoms. The van der Waals surface area contributed by atoms with Crippen molar-refractivity contribution in [1.29, 1.82) is 0 Å². The minimum absolute atomic E-state index is 0.253.